The van der Waals surface area contributed by atoms with E-state index < -0.39 is 6.04 Å². The summed E-state index contributed by atoms with van der Waals surface area (Å²) in [5.41, 5.74) is 5.93. The molecule has 17 heavy (non-hydrogen) atoms. The highest BCUT2D eigenvalue weighted by molar-refractivity contribution is 5.82. The number of nitrogens with two attached hydrogens (primary N) is 1. The van der Waals surface area contributed by atoms with Crippen molar-refractivity contribution in [2.45, 2.75) is 64.6 Å². The third kappa shape index (κ3) is 3.19. The van der Waals surface area contributed by atoms with E-state index in [1.54, 1.807) is 4.90 Å². The first-order valence-corrected chi connectivity index (χ1v) is 6.48. The van der Waals surface area contributed by atoms with Crippen molar-refractivity contribution in [2.24, 2.45) is 11.7 Å². The highest BCUT2D eigenvalue weighted by atomic mass is 16.2. The monoisotopic (exact) mass is 237 g/mol. The van der Waals surface area contributed by atoms with Crippen LogP contribution in [0.3, 0.4) is 0 Å². The smallest absolute Gasteiger partial charge is 0.240 e. The van der Waals surface area contributed by atoms with Crippen molar-refractivity contribution in [3.05, 3.63) is 0 Å². The number of likely N-dealkylation sites (tertiary alicyclic amines) is 1. The van der Waals surface area contributed by atoms with Crippen molar-refractivity contribution in [3.8, 4) is 6.07 Å². The molecule has 4 heteroatoms. The van der Waals surface area contributed by atoms with Crippen LogP contribution in [0, 0.1) is 17.2 Å². The Morgan fingerprint density at radius 2 is 2.18 bits per heavy atom. The van der Waals surface area contributed by atoms with E-state index in [0.717, 1.165) is 19.3 Å². The molecule has 0 bridgehead atoms. The third-order valence-corrected chi connectivity index (χ3v) is 3.42. The van der Waals surface area contributed by atoms with Gasteiger partial charge in [0, 0.05) is 6.04 Å². The predicted octanol–water partition coefficient (Wildman–Crippen LogP) is 1.65. The van der Waals surface area contributed by atoms with E-state index in [0.29, 0.717) is 12.3 Å². The van der Waals surface area contributed by atoms with Crippen LogP contribution in [0.25, 0.3) is 0 Å². The second-order valence-electron chi connectivity index (χ2n) is 5.27. The van der Waals surface area contributed by atoms with Crippen molar-refractivity contribution in [1.29, 1.82) is 5.26 Å². The fourth-order valence-electron chi connectivity index (χ4n) is 2.54. The highest BCUT2D eigenvalue weighted by Crippen LogP contribution is 2.27. The van der Waals surface area contributed by atoms with Crippen LogP contribution in [0.15, 0.2) is 0 Å². The van der Waals surface area contributed by atoms with E-state index in [-0.39, 0.29) is 18.0 Å². The van der Waals surface area contributed by atoms with Gasteiger partial charge in [-0.2, -0.15) is 5.26 Å². The van der Waals surface area contributed by atoms with Crippen molar-refractivity contribution in [2.75, 3.05) is 0 Å². The van der Waals surface area contributed by atoms with E-state index in [1.165, 1.54) is 0 Å². The number of nitriles is 1. The summed E-state index contributed by atoms with van der Waals surface area (Å²) in [6.07, 6.45) is 3.30. The molecule has 1 aliphatic rings. The van der Waals surface area contributed by atoms with Crippen LogP contribution in [0.4, 0.5) is 0 Å². The van der Waals surface area contributed by atoms with Crippen LogP contribution in [0.2, 0.25) is 0 Å². The Kier molecular flexibility index (Phi) is 4.95. The lowest BCUT2D eigenvalue weighted by molar-refractivity contribution is -0.135. The maximum absolute atomic E-state index is 12.3. The molecule has 0 radical (unpaired) electrons. The lowest BCUT2D eigenvalue weighted by atomic mass is 10.0. The van der Waals surface area contributed by atoms with Gasteiger partial charge in [-0.15, -0.1) is 0 Å². The van der Waals surface area contributed by atoms with Gasteiger partial charge in [0.15, 0.2) is 0 Å². The van der Waals surface area contributed by atoms with Crippen molar-refractivity contribution in [1.82, 2.24) is 4.90 Å². The summed E-state index contributed by atoms with van der Waals surface area (Å²) >= 11 is 0. The zero-order chi connectivity index (χ0) is 13.0. The van der Waals surface area contributed by atoms with Gasteiger partial charge in [-0.1, -0.05) is 20.8 Å². The molecule has 0 aliphatic carbocycles. The van der Waals surface area contributed by atoms with Gasteiger partial charge in [-0.25, -0.2) is 0 Å². The van der Waals surface area contributed by atoms with Crippen LogP contribution in [0.5, 0.6) is 0 Å². The van der Waals surface area contributed by atoms with Gasteiger partial charge in [0.2, 0.25) is 5.91 Å². The van der Waals surface area contributed by atoms with Crippen molar-refractivity contribution < 1.29 is 4.79 Å². The fraction of sp³-hybridized carbons (Fsp3) is 0.846. The van der Waals surface area contributed by atoms with Crippen molar-refractivity contribution >= 4 is 5.91 Å². The summed E-state index contributed by atoms with van der Waals surface area (Å²) in [4.78, 5) is 14.0. The number of carbonyl (C=O) groups is 1. The molecule has 2 N–H and O–H groups in total. The molecule has 0 saturated carbocycles. The first-order chi connectivity index (χ1) is 8.01. The average molecular weight is 237 g/mol. The Morgan fingerprint density at radius 1 is 1.53 bits per heavy atom. The molecule has 1 amide bonds. The van der Waals surface area contributed by atoms with E-state index in [9.17, 15) is 4.79 Å². The Labute approximate surface area is 104 Å². The van der Waals surface area contributed by atoms with Crippen LogP contribution >= 0.6 is 0 Å². The Morgan fingerprint density at radius 3 is 2.65 bits per heavy atom. The minimum Gasteiger partial charge on any atom is -0.322 e. The summed E-state index contributed by atoms with van der Waals surface area (Å²) < 4.78 is 0. The lowest BCUT2D eigenvalue weighted by Gasteiger charge is -2.29. The zero-order valence-corrected chi connectivity index (χ0v) is 11.0. The molecule has 3 atom stereocenters. The minimum atomic E-state index is -0.460. The Hall–Kier alpha value is -1.08. The number of amides is 1. The standard InChI is InChI=1S/C13H23N3O/c1-4-10-5-6-11(8-14)16(10)13(17)12(15)7-9(2)3/h9-12H,4-7,15H2,1-3H3/t10-,11?,12+/m1/s1. The summed E-state index contributed by atoms with van der Waals surface area (Å²) in [7, 11) is 0. The Balaban J connectivity index is 2.74. The van der Waals surface area contributed by atoms with Gasteiger partial charge >= 0.3 is 0 Å². The average Bonchev–Trinajstić information content (AvgIpc) is 2.69. The van der Waals surface area contributed by atoms with Crippen LogP contribution < -0.4 is 5.73 Å². The number of hydrogen-bond donors (Lipinski definition) is 1. The number of carbonyl (C=O) groups excluding carboxylic acids is 1. The number of hydrogen-bond acceptors (Lipinski definition) is 3. The first kappa shape index (κ1) is 14.0. The van der Waals surface area contributed by atoms with Crippen molar-refractivity contribution in [3.63, 3.8) is 0 Å². The molecule has 1 rings (SSSR count). The van der Waals surface area contributed by atoms with Crippen LogP contribution in [0.1, 0.15) is 46.5 Å². The van der Waals surface area contributed by atoms with E-state index in [4.69, 9.17) is 11.0 Å². The minimum absolute atomic E-state index is 0.0467. The summed E-state index contributed by atoms with van der Waals surface area (Å²) in [6.45, 7) is 6.16. The van der Waals surface area contributed by atoms with E-state index >= 15 is 0 Å². The maximum atomic E-state index is 12.3. The van der Waals surface area contributed by atoms with Gasteiger partial charge < -0.3 is 10.6 Å². The molecule has 0 aromatic heterocycles. The second kappa shape index (κ2) is 6.02. The largest absolute Gasteiger partial charge is 0.322 e. The van der Waals surface area contributed by atoms with Gasteiger partial charge in [0.1, 0.15) is 6.04 Å². The normalized spacial score (nSPS) is 26.0. The summed E-state index contributed by atoms with van der Waals surface area (Å²) in [5, 5.41) is 9.08. The van der Waals surface area contributed by atoms with E-state index in [2.05, 4.69) is 26.8 Å². The van der Waals surface area contributed by atoms with Gasteiger partial charge in [-0.05, 0) is 31.6 Å². The molecule has 0 aromatic carbocycles. The molecule has 1 saturated heterocycles. The zero-order valence-electron chi connectivity index (χ0n) is 11.0. The molecule has 4 nitrogen and oxygen atoms in total. The molecule has 1 heterocycles. The van der Waals surface area contributed by atoms with Gasteiger partial charge in [0.25, 0.3) is 0 Å². The molecule has 96 valence electrons. The Bertz CT molecular complexity index is 308. The summed E-state index contributed by atoms with van der Waals surface area (Å²) in [5.74, 6) is 0.353. The molecule has 0 aromatic rings. The van der Waals surface area contributed by atoms with Crippen LogP contribution in [-0.4, -0.2) is 28.9 Å². The fourth-order valence-corrected chi connectivity index (χ4v) is 2.54. The molecule has 1 fully saturated rings. The lowest BCUT2D eigenvalue weighted by Crippen LogP contribution is -2.49. The maximum Gasteiger partial charge on any atom is 0.240 e. The van der Waals surface area contributed by atoms with E-state index in [1.807, 2.05) is 0 Å². The predicted molar refractivity (Wildman–Crippen MR) is 67.0 cm³/mol. The summed E-state index contributed by atoms with van der Waals surface area (Å²) in [6, 6.07) is 1.68. The SMILES string of the molecule is CC[C@@H]1CCC(C#N)N1C(=O)[C@@H](N)CC(C)C. The topological polar surface area (TPSA) is 70.1 Å². The third-order valence-electron chi connectivity index (χ3n) is 3.42. The number of nitrogens with zero attached hydrogens (tertiary/aromatic N) is 2. The molecular formula is C13H23N3O. The molecular weight excluding hydrogens is 214 g/mol. The van der Waals surface area contributed by atoms with Gasteiger partial charge in [-0.3, -0.25) is 4.79 Å². The quantitative estimate of drug-likeness (QED) is 0.808. The molecule has 1 unspecified atom stereocenters. The van der Waals surface area contributed by atoms with Gasteiger partial charge in [0.05, 0.1) is 12.1 Å². The second-order valence-corrected chi connectivity index (χ2v) is 5.27. The highest BCUT2D eigenvalue weighted by Gasteiger charge is 2.37. The number of rotatable bonds is 4. The molecule has 0 spiro atoms. The molecule has 1 aliphatic heterocycles. The van der Waals surface area contributed by atoms with Crippen LogP contribution in [-0.2, 0) is 4.79 Å². The first-order valence-electron chi connectivity index (χ1n) is 6.48.